The molecule has 0 fully saturated rings. The van der Waals surface area contributed by atoms with Gasteiger partial charge in [0.25, 0.3) is 0 Å². The second-order valence-electron chi connectivity index (χ2n) is 4.21. The smallest absolute Gasteiger partial charge is 0.115 e. The summed E-state index contributed by atoms with van der Waals surface area (Å²) in [5.74, 6) is 0.293. The Morgan fingerprint density at radius 1 is 0.941 bits per heavy atom. The van der Waals surface area contributed by atoms with Crippen LogP contribution >= 0.6 is 0 Å². The average Bonchev–Trinajstić information content (AvgIpc) is 2.75. The lowest BCUT2D eigenvalue weighted by Crippen LogP contribution is -1.90. The molecule has 0 amide bonds. The van der Waals surface area contributed by atoms with E-state index in [4.69, 9.17) is 0 Å². The number of hydrogen-bond acceptors (Lipinski definition) is 1. The Kier molecular flexibility index (Phi) is 2.15. The molecular formula is C15H13NO. The Balaban J connectivity index is 2.24. The van der Waals surface area contributed by atoms with E-state index in [0.717, 1.165) is 5.69 Å². The van der Waals surface area contributed by atoms with Crippen molar-refractivity contribution >= 4 is 10.9 Å². The van der Waals surface area contributed by atoms with Crippen LogP contribution in [0.1, 0.15) is 5.56 Å². The van der Waals surface area contributed by atoms with E-state index in [9.17, 15) is 5.11 Å². The highest BCUT2D eigenvalue weighted by atomic mass is 16.3. The molecular weight excluding hydrogens is 210 g/mol. The molecule has 2 aromatic carbocycles. The van der Waals surface area contributed by atoms with Crippen LogP contribution in [0.25, 0.3) is 16.6 Å². The van der Waals surface area contributed by atoms with E-state index in [-0.39, 0.29) is 0 Å². The number of phenolic OH excluding ortho intramolecular Hbond substituents is 1. The number of nitrogens with zero attached hydrogens (tertiary/aromatic N) is 1. The molecule has 0 atom stereocenters. The predicted molar refractivity (Wildman–Crippen MR) is 69.7 cm³/mol. The molecule has 1 N–H and O–H groups in total. The van der Waals surface area contributed by atoms with Gasteiger partial charge in [-0.2, -0.15) is 0 Å². The molecule has 0 saturated heterocycles. The highest BCUT2D eigenvalue weighted by Crippen LogP contribution is 2.23. The first kappa shape index (κ1) is 9.97. The van der Waals surface area contributed by atoms with Crippen LogP contribution in [-0.2, 0) is 0 Å². The van der Waals surface area contributed by atoms with Gasteiger partial charge in [-0.15, -0.1) is 0 Å². The van der Waals surface area contributed by atoms with Crippen molar-refractivity contribution in [1.82, 2.24) is 4.57 Å². The number of aryl methyl sites for hydroxylation is 1. The van der Waals surface area contributed by atoms with Crippen molar-refractivity contribution in [3.8, 4) is 11.4 Å². The number of rotatable bonds is 1. The van der Waals surface area contributed by atoms with Gasteiger partial charge in [0.2, 0.25) is 0 Å². The van der Waals surface area contributed by atoms with Gasteiger partial charge in [-0.25, -0.2) is 0 Å². The third-order valence-corrected chi connectivity index (χ3v) is 3.08. The molecule has 1 heterocycles. The van der Waals surface area contributed by atoms with Gasteiger partial charge < -0.3 is 9.67 Å². The van der Waals surface area contributed by atoms with Gasteiger partial charge in [-0.1, -0.05) is 12.1 Å². The minimum Gasteiger partial charge on any atom is -0.508 e. The molecule has 0 aliphatic rings. The van der Waals surface area contributed by atoms with E-state index >= 15 is 0 Å². The average molecular weight is 223 g/mol. The predicted octanol–water partition coefficient (Wildman–Crippen LogP) is 3.64. The summed E-state index contributed by atoms with van der Waals surface area (Å²) in [6, 6.07) is 15.6. The molecule has 0 aliphatic carbocycles. The van der Waals surface area contributed by atoms with Gasteiger partial charge in [0.1, 0.15) is 5.75 Å². The first-order chi connectivity index (χ1) is 8.25. The monoisotopic (exact) mass is 223 g/mol. The quantitative estimate of drug-likeness (QED) is 0.669. The number of fused-ring (bicyclic) bond motifs is 1. The molecule has 0 spiro atoms. The maximum Gasteiger partial charge on any atom is 0.115 e. The highest BCUT2D eigenvalue weighted by Gasteiger charge is 2.04. The van der Waals surface area contributed by atoms with Crippen molar-refractivity contribution in [2.45, 2.75) is 6.92 Å². The SMILES string of the molecule is Cc1cccc2c1ccn2-c1ccc(O)cc1. The van der Waals surface area contributed by atoms with Crippen molar-refractivity contribution in [1.29, 1.82) is 0 Å². The standard InChI is InChI=1S/C15H13NO/c1-11-3-2-4-15-14(11)9-10-16(15)12-5-7-13(17)8-6-12/h2-10,17H,1H3. The van der Waals surface area contributed by atoms with Crippen molar-refractivity contribution < 1.29 is 5.11 Å². The van der Waals surface area contributed by atoms with Crippen LogP contribution in [0, 0.1) is 6.92 Å². The lowest BCUT2D eigenvalue weighted by atomic mass is 10.1. The molecule has 0 bridgehead atoms. The summed E-state index contributed by atoms with van der Waals surface area (Å²) in [4.78, 5) is 0. The van der Waals surface area contributed by atoms with Crippen LogP contribution in [0.5, 0.6) is 5.75 Å². The Labute approximate surface area is 99.7 Å². The normalized spacial score (nSPS) is 10.9. The molecule has 17 heavy (non-hydrogen) atoms. The third-order valence-electron chi connectivity index (χ3n) is 3.08. The lowest BCUT2D eigenvalue weighted by Gasteiger charge is -2.06. The second-order valence-corrected chi connectivity index (χ2v) is 4.21. The molecule has 1 aromatic heterocycles. The highest BCUT2D eigenvalue weighted by molar-refractivity contribution is 5.85. The van der Waals surface area contributed by atoms with E-state index in [2.05, 4.69) is 42.0 Å². The van der Waals surface area contributed by atoms with Crippen molar-refractivity contribution in [2.75, 3.05) is 0 Å². The summed E-state index contributed by atoms with van der Waals surface area (Å²) in [5.41, 5.74) is 3.53. The van der Waals surface area contributed by atoms with Gasteiger partial charge >= 0.3 is 0 Å². The van der Waals surface area contributed by atoms with Gasteiger partial charge in [-0.05, 0) is 48.9 Å². The number of hydrogen-bond donors (Lipinski definition) is 1. The molecule has 84 valence electrons. The molecule has 0 unspecified atom stereocenters. The van der Waals surface area contributed by atoms with Crippen LogP contribution in [0.2, 0.25) is 0 Å². The van der Waals surface area contributed by atoms with Gasteiger partial charge in [0.15, 0.2) is 0 Å². The zero-order chi connectivity index (χ0) is 11.8. The van der Waals surface area contributed by atoms with E-state index in [1.54, 1.807) is 12.1 Å². The first-order valence-corrected chi connectivity index (χ1v) is 5.62. The third kappa shape index (κ3) is 1.58. The maximum atomic E-state index is 9.30. The second kappa shape index (κ2) is 3.67. The fraction of sp³-hybridized carbons (Fsp3) is 0.0667. The van der Waals surface area contributed by atoms with Gasteiger partial charge in [0, 0.05) is 17.3 Å². The number of benzene rings is 2. The zero-order valence-electron chi connectivity index (χ0n) is 9.59. The summed E-state index contributed by atoms with van der Waals surface area (Å²) in [6.45, 7) is 2.11. The molecule has 0 saturated carbocycles. The number of aromatic nitrogens is 1. The Bertz CT molecular complexity index is 665. The number of phenols is 1. The first-order valence-electron chi connectivity index (χ1n) is 5.62. The molecule has 0 aliphatic heterocycles. The van der Waals surface area contributed by atoms with E-state index < -0.39 is 0 Å². The summed E-state index contributed by atoms with van der Waals surface area (Å²) in [7, 11) is 0. The summed E-state index contributed by atoms with van der Waals surface area (Å²) in [6.07, 6.45) is 2.06. The van der Waals surface area contributed by atoms with E-state index in [0.29, 0.717) is 5.75 Å². The Morgan fingerprint density at radius 2 is 1.71 bits per heavy atom. The zero-order valence-corrected chi connectivity index (χ0v) is 9.59. The fourth-order valence-electron chi connectivity index (χ4n) is 2.16. The summed E-state index contributed by atoms with van der Waals surface area (Å²) in [5, 5.41) is 10.6. The van der Waals surface area contributed by atoms with Crippen LogP contribution < -0.4 is 0 Å². The van der Waals surface area contributed by atoms with Gasteiger partial charge in [-0.3, -0.25) is 0 Å². The molecule has 3 aromatic rings. The molecule has 0 radical (unpaired) electrons. The molecule has 3 rings (SSSR count). The number of aromatic hydroxyl groups is 1. The minimum atomic E-state index is 0.293. The lowest BCUT2D eigenvalue weighted by molar-refractivity contribution is 0.475. The van der Waals surface area contributed by atoms with Crippen molar-refractivity contribution in [3.63, 3.8) is 0 Å². The fourth-order valence-corrected chi connectivity index (χ4v) is 2.16. The Morgan fingerprint density at radius 3 is 2.47 bits per heavy atom. The maximum absolute atomic E-state index is 9.30. The van der Waals surface area contributed by atoms with Crippen LogP contribution in [-0.4, -0.2) is 9.67 Å². The van der Waals surface area contributed by atoms with Crippen LogP contribution in [0.4, 0.5) is 0 Å². The van der Waals surface area contributed by atoms with Crippen LogP contribution in [0.15, 0.2) is 54.7 Å². The van der Waals surface area contributed by atoms with E-state index in [1.165, 1.54) is 16.5 Å². The largest absolute Gasteiger partial charge is 0.508 e. The van der Waals surface area contributed by atoms with Crippen molar-refractivity contribution in [2.24, 2.45) is 0 Å². The van der Waals surface area contributed by atoms with E-state index in [1.807, 2.05) is 12.1 Å². The van der Waals surface area contributed by atoms with Gasteiger partial charge in [0.05, 0.1) is 5.52 Å². The van der Waals surface area contributed by atoms with Crippen LogP contribution in [0.3, 0.4) is 0 Å². The molecule has 2 heteroatoms. The summed E-state index contributed by atoms with van der Waals surface area (Å²) < 4.78 is 2.13. The molecule has 2 nitrogen and oxygen atoms in total. The topological polar surface area (TPSA) is 25.2 Å². The Hall–Kier alpha value is -2.22. The summed E-state index contributed by atoms with van der Waals surface area (Å²) >= 11 is 0. The minimum absolute atomic E-state index is 0.293. The van der Waals surface area contributed by atoms with Crippen molar-refractivity contribution in [3.05, 3.63) is 60.3 Å².